The molecule has 0 saturated carbocycles. The van der Waals surface area contributed by atoms with Crippen LogP contribution in [0.2, 0.25) is 0 Å². The molecule has 192 valence electrons. The Hall–Kier alpha value is -3.42. The van der Waals surface area contributed by atoms with Crippen LogP contribution in [0.5, 0.6) is 11.5 Å². The van der Waals surface area contributed by atoms with Crippen LogP contribution in [0, 0.1) is 6.92 Å². The number of thiophene rings is 1. The summed E-state index contributed by atoms with van der Waals surface area (Å²) in [5.74, 6) is 1.39. The van der Waals surface area contributed by atoms with E-state index >= 15 is 0 Å². The number of amides is 1. The van der Waals surface area contributed by atoms with Gasteiger partial charge in [0, 0.05) is 30.6 Å². The lowest BCUT2D eigenvalue weighted by atomic mass is 10.0. The highest BCUT2D eigenvalue weighted by molar-refractivity contribution is 7.13. The number of fused-ring (bicyclic) bond motifs is 1. The Morgan fingerprint density at radius 3 is 2.73 bits per heavy atom. The van der Waals surface area contributed by atoms with Crippen molar-refractivity contribution >= 4 is 28.1 Å². The predicted octanol–water partition coefficient (Wildman–Crippen LogP) is 6.04. The number of methoxy groups -OCH3 is 2. The van der Waals surface area contributed by atoms with Crippen molar-refractivity contribution in [1.82, 2.24) is 9.88 Å². The summed E-state index contributed by atoms with van der Waals surface area (Å²) in [6.45, 7) is 3.82. The third-order valence-electron chi connectivity index (χ3n) is 6.80. The Kier molecular flexibility index (Phi) is 7.72. The normalized spacial score (nSPS) is 15.2. The molecule has 4 aromatic rings. The second-order valence-electron chi connectivity index (χ2n) is 9.43. The molecule has 1 aliphatic rings. The van der Waals surface area contributed by atoms with E-state index in [0.717, 1.165) is 52.0 Å². The van der Waals surface area contributed by atoms with Crippen molar-refractivity contribution < 1.29 is 19.0 Å². The lowest BCUT2D eigenvalue weighted by Crippen LogP contribution is -2.38. The van der Waals surface area contributed by atoms with E-state index in [2.05, 4.69) is 42.6 Å². The van der Waals surface area contributed by atoms with Crippen molar-refractivity contribution in [3.63, 3.8) is 0 Å². The number of ether oxygens (including phenoxy) is 3. The molecule has 37 heavy (non-hydrogen) atoms. The van der Waals surface area contributed by atoms with Gasteiger partial charge in [-0.25, -0.2) is 4.98 Å². The molecule has 2 aromatic heterocycles. The molecule has 1 aliphatic heterocycles. The maximum Gasteiger partial charge on any atom is 0.227 e. The smallest absolute Gasteiger partial charge is 0.227 e. The molecule has 6 nitrogen and oxygen atoms in total. The van der Waals surface area contributed by atoms with Crippen LogP contribution in [0.15, 0.2) is 60.0 Å². The number of pyridine rings is 1. The van der Waals surface area contributed by atoms with Crippen molar-refractivity contribution in [2.45, 2.75) is 38.8 Å². The molecule has 0 radical (unpaired) electrons. The first kappa shape index (κ1) is 25.2. The minimum Gasteiger partial charge on any atom is -0.497 e. The van der Waals surface area contributed by atoms with Gasteiger partial charge in [-0.1, -0.05) is 18.2 Å². The summed E-state index contributed by atoms with van der Waals surface area (Å²) in [5.41, 5.74) is 4.90. The average Bonchev–Trinajstić information content (AvgIpc) is 3.63. The van der Waals surface area contributed by atoms with Gasteiger partial charge >= 0.3 is 0 Å². The highest BCUT2D eigenvalue weighted by Crippen LogP contribution is 2.31. The molecule has 5 rings (SSSR count). The molecule has 1 atom stereocenters. The summed E-state index contributed by atoms with van der Waals surface area (Å²) < 4.78 is 16.9. The number of hydrogen-bond donors (Lipinski definition) is 0. The molecule has 0 N–H and O–H groups in total. The van der Waals surface area contributed by atoms with Gasteiger partial charge in [0.05, 0.1) is 42.8 Å². The fourth-order valence-electron chi connectivity index (χ4n) is 4.86. The zero-order valence-corrected chi connectivity index (χ0v) is 22.3. The quantitative estimate of drug-likeness (QED) is 0.271. The number of carbonyl (C=O) groups excluding carboxylic acids is 1. The molecular formula is C30H32N2O4S. The topological polar surface area (TPSA) is 60.9 Å². The number of aryl methyl sites for hydroxylation is 1. The van der Waals surface area contributed by atoms with Gasteiger partial charge in [-0.05, 0) is 72.7 Å². The van der Waals surface area contributed by atoms with Crippen LogP contribution in [0.3, 0.4) is 0 Å². The summed E-state index contributed by atoms with van der Waals surface area (Å²) in [5, 5.41) is 3.13. The first-order chi connectivity index (χ1) is 18.0. The average molecular weight is 517 g/mol. The second-order valence-corrected chi connectivity index (χ2v) is 10.4. The molecule has 7 heteroatoms. The van der Waals surface area contributed by atoms with Crippen LogP contribution in [-0.2, 0) is 22.5 Å². The molecule has 0 bridgehead atoms. The Morgan fingerprint density at radius 2 is 2.00 bits per heavy atom. The second kappa shape index (κ2) is 11.3. The highest BCUT2D eigenvalue weighted by Gasteiger charge is 2.25. The van der Waals surface area contributed by atoms with Crippen LogP contribution < -0.4 is 9.47 Å². The molecule has 1 fully saturated rings. The minimum atomic E-state index is 0.0168. The number of aromatic nitrogens is 1. The van der Waals surface area contributed by atoms with Gasteiger partial charge in [0.25, 0.3) is 0 Å². The minimum absolute atomic E-state index is 0.0168. The van der Waals surface area contributed by atoms with Crippen LogP contribution in [0.4, 0.5) is 0 Å². The van der Waals surface area contributed by atoms with Crippen molar-refractivity contribution in [2.24, 2.45) is 0 Å². The largest absolute Gasteiger partial charge is 0.497 e. The molecule has 1 amide bonds. The predicted molar refractivity (Wildman–Crippen MR) is 147 cm³/mol. The lowest BCUT2D eigenvalue weighted by molar-refractivity contribution is -0.132. The third-order valence-corrected chi connectivity index (χ3v) is 7.67. The Labute approximate surface area is 221 Å². The van der Waals surface area contributed by atoms with E-state index in [0.29, 0.717) is 24.6 Å². The van der Waals surface area contributed by atoms with Crippen molar-refractivity contribution in [1.29, 1.82) is 0 Å². The van der Waals surface area contributed by atoms with E-state index in [-0.39, 0.29) is 18.4 Å². The van der Waals surface area contributed by atoms with E-state index in [1.807, 2.05) is 29.2 Å². The molecule has 0 spiro atoms. The fraction of sp³-hybridized carbons (Fsp3) is 0.333. The maximum absolute atomic E-state index is 13.8. The van der Waals surface area contributed by atoms with Crippen LogP contribution in [-0.4, -0.2) is 49.3 Å². The van der Waals surface area contributed by atoms with E-state index in [1.54, 1.807) is 25.6 Å². The highest BCUT2D eigenvalue weighted by atomic mass is 32.1. The van der Waals surface area contributed by atoms with Gasteiger partial charge in [-0.3, -0.25) is 4.79 Å². The van der Waals surface area contributed by atoms with Crippen molar-refractivity contribution in [3.05, 3.63) is 76.7 Å². The lowest BCUT2D eigenvalue weighted by Gasteiger charge is -2.27. The summed E-state index contributed by atoms with van der Waals surface area (Å²) >= 11 is 1.66. The number of nitrogens with zero attached hydrogens (tertiary/aromatic N) is 2. The van der Waals surface area contributed by atoms with Crippen molar-refractivity contribution in [2.75, 3.05) is 27.4 Å². The van der Waals surface area contributed by atoms with E-state index in [9.17, 15) is 4.79 Å². The zero-order valence-electron chi connectivity index (χ0n) is 21.5. The Morgan fingerprint density at radius 1 is 1.11 bits per heavy atom. The summed E-state index contributed by atoms with van der Waals surface area (Å²) in [4.78, 5) is 21.9. The number of rotatable bonds is 9. The molecule has 0 aliphatic carbocycles. The van der Waals surface area contributed by atoms with Gasteiger partial charge < -0.3 is 19.1 Å². The van der Waals surface area contributed by atoms with E-state index in [1.165, 1.54) is 5.56 Å². The standard InChI is InChI=1S/C30H32N2O4S/c1-20-8-9-21-15-23(30(31-26(21)14-20)28-7-5-13-37-28)18-32(19-25-6-4-12-36-25)29(33)17-22-16-24(34-2)10-11-27(22)35-3/h5,7-11,13-16,25H,4,6,12,17-19H2,1-3H3/t25-/m0/s1. The Bertz CT molecular complexity index is 1380. The summed E-state index contributed by atoms with van der Waals surface area (Å²) in [7, 11) is 3.24. The van der Waals surface area contributed by atoms with Gasteiger partial charge in [0.2, 0.25) is 5.91 Å². The molecule has 1 saturated heterocycles. The van der Waals surface area contributed by atoms with Gasteiger partial charge in [0.1, 0.15) is 11.5 Å². The monoisotopic (exact) mass is 516 g/mol. The maximum atomic E-state index is 13.8. The first-order valence-electron chi connectivity index (χ1n) is 12.6. The van der Waals surface area contributed by atoms with Crippen LogP contribution >= 0.6 is 11.3 Å². The third kappa shape index (κ3) is 5.78. The summed E-state index contributed by atoms with van der Waals surface area (Å²) in [6.07, 6.45) is 2.23. The van der Waals surface area contributed by atoms with E-state index in [4.69, 9.17) is 19.2 Å². The Balaban J connectivity index is 1.51. The number of benzene rings is 2. The first-order valence-corrected chi connectivity index (χ1v) is 13.5. The zero-order chi connectivity index (χ0) is 25.8. The summed E-state index contributed by atoms with van der Waals surface area (Å²) in [6, 6.07) is 18.2. The van der Waals surface area contributed by atoms with Crippen LogP contribution in [0.1, 0.15) is 29.5 Å². The van der Waals surface area contributed by atoms with Gasteiger partial charge in [0.15, 0.2) is 0 Å². The van der Waals surface area contributed by atoms with Crippen molar-refractivity contribution in [3.8, 4) is 22.1 Å². The van der Waals surface area contributed by atoms with Gasteiger partial charge in [-0.15, -0.1) is 11.3 Å². The van der Waals surface area contributed by atoms with Crippen LogP contribution in [0.25, 0.3) is 21.5 Å². The molecule has 0 unspecified atom stereocenters. The molecule has 2 aromatic carbocycles. The fourth-order valence-corrected chi connectivity index (χ4v) is 5.61. The number of hydrogen-bond acceptors (Lipinski definition) is 6. The molecule has 3 heterocycles. The van der Waals surface area contributed by atoms with Gasteiger partial charge in [-0.2, -0.15) is 0 Å². The molecular weight excluding hydrogens is 484 g/mol. The van der Waals surface area contributed by atoms with E-state index < -0.39 is 0 Å². The number of carbonyl (C=O) groups is 1. The SMILES string of the molecule is COc1ccc(OC)c(CC(=O)N(Cc2cc3ccc(C)cc3nc2-c2cccs2)C[C@@H]2CCCO2)c1.